The van der Waals surface area contributed by atoms with Crippen LogP contribution in [0.1, 0.15) is 23.2 Å². The van der Waals surface area contributed by atoms with Gasteiger partial charge in [-0.05, 0) is 24.1 Å². The van der Waals surface area contributed by atoms with Gasteiger partial charge in [0, 0.05) is 31.0 Å². The molecule has 6 heteroatoms. The van der Waals surface area contributed by atoms with Crippen molar-refractivity contribution in [2.24, 2.45) is 4.99 Å². The number of halogens is 1. The largest absolute Gasteiger partial charge is 0.351 e. The van der Waals surface area contributed by atoms with Crippen LogP contribution in [0.5, 0.6) is 0 Å². The normalized spacial score (nSPS) is 11.5. The molecule has 0 radical (unpaired) electrons. The first-order valence-corrected chi connectivity index (χ1v) is 8.47. The molecule has 0 saturated carbocycles. The monoisotopic (exact) mass is 336 g/mol. The number of hydrogen-bond acceptors (Lipinski definition) is 3. The molecular weight excluding hydrogens is 316 g/mol. The van der Waals surface area contributed by atoms with Gasteiger partial charge in [0.05, 0.1) is 17.2 Å². The van der Waals surface area contributed by atoms with Crippen molar-refractivity contribution < 1.29 is 0 Å². The van der Waals surface area contributed by atoms with E-state index in [-0.39, 0.29) is 0 Å². The molecule has 0 spiro atoms. The molecule has 22 heavy (non-hydrogen) atoms. The highest BCUT2D eigenvalue weighted by molar-refractivity contribution is 7.09. The highest BCUT2D eigenvalue weighted by atomic mass is 35.5. The standard InChI is InChI=1S/C16H21ClN4S/c1-4-15-20-14(11-22-15)9-19-16(18-2)21(3)10-12-5-7-13(17)8-6-12/h5-8,11H,4,9-10H2,1-3H3,(H,18,19). The zero-order chi connectivity index (χ0) is 15.9. The number of thiazole rings is 1. The minimum atomic E-state index is 0.689. The first-order valence-electron chi connectivity index (χ1n) is 7.22. The summed E-state index contributed by atoms with van der Waals surface area (Å²) in [5.74, 6) is 0.848. The third-order valence-corrected chi connectivity index (χ3v) is 4.53. The second-order valence-electron chi connectivity index (χ2n) is 4.97. The summed E-state index contributed by atoms with van der Waals surface area (Å²) in [5, 5.41) is 7.37. The van der Waals surface area contributed by atoms with E-state index in [4.69, 9.17) is 11.6 Å². The molecule has 0 aliphatic rings. The maximum absolute atomic E-state index is 5.91. The first kappa shape index (κ1) is 16.8. The summed E-state index contributed by atoms with van der Waals surface area (Å²) >= 11 is 7.62. The van der Waals surface area contributed by atoms with Crippen LogP contribution in [0, 0.1) is 0 Å². The maximum atomic E-state index is 5.91. The van der Waals surface area contributed by atoms with Gasteiger partial charge in [0.1, 0.15) is 0 Å². The van der Waals surface area contributed by atoms with E-state index in [9.17, 15) is 0 Å². The van der Waals surface area contributed by atoms with Crippen LogP contribution in [-0.4, -0.2) is 29.9 Å². The second kappa shape index (κ2) is 8.15. The Bertz CT molecular complexity index is 621. The Hall–Kier alpha value is -1.59. The number of rotatable bonds is 5. The van der Waals surface area contributed by atoms with Crippen LogP contribution in [0.25, 0.3) is 0 Å². The van der Waals surface area contributed by atoms with E-state index in [1.165, 1.54) is 10.6 Å². The van der Waals surface area contributed by atoms with Crippen molar-refractivity contribution in [1.82, 2.24) is 15.2 Å². The molecule has 4 nitrogen and oxygen atoms in total. The molecular formula is C16H21ClN4S. The predicted molar refractivity (Wildman–Crippen MR) is 94.6 cm³/mol. The van der Waals surface area contributed by atoms with Crippen LogP contribution >= 0.6 is 22.9 Å². The Kier molecular flexibility index (Phi) is 6.21. The van der Waals surface area contributed by atoms with Gasteiger partial charge < -0.3 is 10.2 Å². The lowest BCUT2D eigenvalue weighted by Gasteiger charge is -2.22. The topological polar surface area (TPSA) is 40.5 Å². The number of aromatic nitrogens is 1. The molecule has 0 amide bonds. The number of aryl methyl sites for hydroxylation is 1. The molecule has 0 aliphatic heterocycles. The lowest BCUT2D eigenvalue weighted by Crippen LogP contribution is -2.38. The van der Waals surface area contributed by atoms with E-state index < -0.39 is 0 Å². The minimum absolute atomic E-state index is 0.689. The van der Waals surface area contributed by atoms with Gasteiger partial charge >= 0.3 is 0 Å². The van der Waals surface area contributed by atoms with E-state index in [0.717, 1.165) is 29.6 Å². The summed E-state index contributed by atoms with van der Waals surface area (Å²) in [4.78, 5) is 11.0. The zero-order valence-corrected chi connectivity index (χ0v) is 14.7. The molecule has 1 aromatic heterocycles. The van der Waals surface area contributed by atoms with Crippen LogP contribution in [0.4, 0.5) is 0 Å². The molecule has 1 N–H and O–H groups in total. The van der Waals surface area contributed by atoms with E-state index in [1.54, 1.807) is 18.4 Å². The summed E-state index contributed by atoms with van der Waals surface area (Å²) in [7, 11) is 3.81. The average Bonchev–Trinajstić information content (AvgIpc) is 2.98. The maximum Gasteiger partial charge on any atom is 0.194 e. The Morgan fingerprint density at radius 1 is 1.36 bits per heavy atom. The average molecular weight is 337 g/mol. The molecule has 118 valence electrons. The van der Waals surface area contributed by atoms with Crippen LogP contribution in [0.15, 0.2) is 34.6 Å². The van der Waals surface area contributed by atoms with Crippen molar-refractivity contribution in [1.29, 1.82) is 0 Å². The molecule has 1 aromatic carbocycles. The molecule has 0 bridgehead atoms. The van der Waals surface area contributed by atoms with E-state index in [0.29, 0.717) is 6.54 Å². The fraction of sp³-hybridized carbons (Fsp3) is 0.375. The highest BCUT2D eigenvalue weighted by Crippen LogP contribution is 2.12. The lowest BCUT2D eigenvalue weighted by atomic mass is 10.2. The molecule has 2 aromatic rings. The summed E-state index contributed by atoms with van der Waals surface area (Å²) in [6.45, 7) is 3.58. The number of benzene rings is 1. The van der Waals surface area contributed by atoms with E-state index >= 15 is 0 Å². The number of hydrogen-bond donors (Lipinski definition) is 1. The molecule has 0 aliphatic carbocycles. The molecule has 2 rings (SSSR count). The highest BCUT2D eigenvalue weighted by Gasteiger charge is 2.08. The van der Waals surface area contributed by atoms with Crippen molar-refractivity contribution in [3.05, 3.63) is 50.9 Å². The summed E-state index contributed by atoms with van der Waals surface area (Å²) in [5.41, 5.74) is 2.25. The van der Waals surface area contributed by atoms with Gasteiger partial charge in [-0.1, -0.05) is 30.7 Å². The Morgan fingerprint density at radius 3 is 2.68 bits per heavy atom. The van der Waals surface area contributed by atoms with Crippen molar-refractivity contribution in [3.8, 4) is 0 Å². The summed E-state index contributed by atoms with van der Waals surface area (Å²) < 4.78 is 0. The van der Waals surface area contributed by atoms with Crippen LogP contribution in [0.2, 0.25) is 5.02 Å². The van der Waals surface area contributed by atoms with Crippen LogP contribution in [-0.2, 0) is 19.5 Å². The van der Waals surface area contributed by atoms with E-state index in [1.807, 2.05) is 31.3 Å². The second-order valence-corrected chi connectivity index (χ2v) is 6.35. The third kappa shape index (κ3) is 4.71. The van der Waals surface area contributed by atoms with E-state index in [2.05, 4.69) is 32.5 Å². The minimum Gasteiger partial charge on any atom is -0.351 e. The van der Waals surface area contributed by atoms with Gasteiger partial charge in [-0.25, -0.2) is 4.98 Å². The number of aliphatic imine (C=N–C) groups is 1. The van der Waals surface area contributed by atoms with Gasteiger partial charge in [-0.3, -0.25) is 4.99 Å². The Morgan fingerprint density at radius 2 is 2.09 bits per heavy atom. The van der Waals surface area contributed by atoms with Crippen molar-refractivity contribution >= 4 is 28.9 Å². The molecule has 0 unspecified atom stereocenters. The van der Waals surface area contributed by atoms with Gasteiger partial charge in [0.2, 0.25) is 0 Å². The fourth-order valence-corrected chi connectivity index (χ4v) is 2.96. The zero-order valence-electron chi connectivity index (χ0n) is 13.1. The number of nitrogens with one attached hydrogen (secondary N) is 1. The Labute approximate surface area is 140 Å². The van der Waals surface area contributed by atoms with Gasteiger partial charge in [0.15, 0.2) is 5.96 Å². The van der Waals surface area contributed by atoms with Crippen molar-refractivity contribution in [2.45, 2.75) is 26.4 Å². The summed E-state index contributed by atoms with van der Waals surface area (Å²) in [6.07, 6.45) is 0.982. The van der Waals surface area contributed by atoms with Gasteiger partial charge in [0.25, 0.3) is 0 Å². The SMILES string of the molecule is CCc1nc(CNC(=NC)N(C)Cc2ccc(Cl)cc2)cs1. The molecule has 0 saturated heterocycles. The van der Waals surface area contributed by atoms with Crippen molar-refractivity contribution in [2.75, 3.05) is 14.1 Å². The number of guanidine groups is 1. The lowest BCUT2D eigenvalue weighted by molar-refractivity contribution is 0.476. The molecule has 0 atom stereocenters. The van der Waals surface area contributed by atoms with Crippen LogP contribution < -0.4 is 5.32 Å². The van der Waals surface area contributed by atoms with Crippen molar-refractivity contribution in [3.63, 3.8) is 0 Å². The van der Waals surface area contributed by atoms with Gasteiger partial charge in [-0.15, -0.1) is 11.3 Å². The summed E-state index contributed by atoms with van der Waals surface area (Å²) in [6, 6.07) is 7.87. The molecule has 1 heterocycles. The smallest absolute Gasteiger partial charge is 0.194 e. The van der Waals surface area contributed by atoms with Gasteiger partial charge in [-0.2, -0.15) is 0 Å². The fourth-order valence-electron chi connectivity index (χ4n) is 2.09. The van der Waals surface area contributed by atoms with Crippen LogP contribution in [0.3, 0.4) is 0 Å². The Balaban J connectivity index is 1.91. The number of nitrogens with zero attached hydrogens (tertiary/aromatic N) is 3. The predicted octanol–water partition coefficient (Wildman–Crippen LogP) is 3.57. The molecule has 0 fully saturated rings. The third-order valence-electron chi connectivity index (χ3n) is 3.24. The quantitative estimate of drug-likeness (QED) is 0.670. The first-order chi connectivity index (χ1) is 10.6.